The van der Waals surface area contributed by atoms with Crippen LogP contribution in [0.1, 0.15) is 39.0 Å². The van der Waals surface area contributed by atoms with Gasteiger partial charge in [0.1, 0.15) is 0 Å². The molecular formula is C11H19N3O. The fraction of sp³-hybridized carbons (Fsp3) is 0.545. The monoisotopic (exact) mass is 209 g/mol. The summed E-state index contributed by atoms with van der Waals surface area (Å²) >= 11 is 0. The van der Waals surface area contributed by atoms with E-state index in [1.807, 2.05) is 17.7 Å². The maximum Gasteiger partial charge on any atom is 0.0722 e. The van der Waals surface area contributed by atoms with Crippen molar-refractivity contribution < 1.29 is 0 Å². The van der Waals surface area contributed by atoms with Gasteiger partial charge in [0.15, 0.2) is 0 Å². The number of nitroso groups, excluding NO2 is 1. The minimum atomic E-state index is 1.12. The number of rotatable bonds is 9. The van der Waals surface area contributed by atoms with Crippen molar-refractivity contribution in [3.05, 3.63) is 29.2 Å². The summed E-state index contributed by atoms with van der Waals surface area (Å²) in [6, 6.07) is 0. The Morgan fingerprint density at radius 2 is 2.00 bits per heavy atom. The minimum Gasteiger partial charge on any atom is -0.164 e. The molecule has 0 unspecified atom stereocenters. The van der Waals surface area contributed by atoms with Crippen LogP contribution in [-0.2, 0) is 0 Å². The Kier molecular flexibility index (Phi) is 11.3. The summed E-state index contributed by atoms with van der Waals surface area (Å²) in [5, 5.41) is 5.83. The molecule has 0 aliphatic carbocycles. The summed E-state index contributed by atoms with van der Waals surface area (Å²) in [6.45, 7) is 2.21. The molecule has 0 aliphatic heterocycles. The van der Waals surface area contributed by atoms with Gasteiger partial charge in [0.25, 0.3) is 0 Å². The Morgan fingerprint density at radius 1 is 1.13 bits per heavy atom. The molecule has 0 aliphatic rings. The average Bonchev–Trinajstić information content (AvgIpc) is 2.26. The third-order valence-electron chi connectivity index (χ3n) is 1.84. The van der Waals surface area contributed by atoms with E-state index in [0.29, 0.717) is 0 Å². The van der Waals surface area contributed by atoms with Crippen molar-refractivity contribution in [3.8, 4) is 0 Å². The fourth-order valence-electron chi connectivity index (χ4n) is 1.08. The molecule has 0 aromatic rings. The van der Waals surface area contributed by atoms with Crippen LogP contribution in [-0.4, -0.2) is 6.21 Å². The highest BCUT2D eigenvalue weighted by atomic mass is 16.3. The van der Waals surface area contributed by atoms with E-state index in [9.17, 15) is 4.91 Å². The molecule has 4 nitrogen and oxygen atoms in total. The summed E-state index contributed by atoms with van der Waals surface area (Å²) in [5.74, 6) is 0. The molecule has 15 heavy (non-hydrogen) atoms. The van der Waals surface area contributed by atoms with Crippen LogP contribution < -0.4 is 5.53 Å². The van der Waals surface area contributed by atoms with E-state index in [-0.39, 0.29) is 0 Å². The molecule has 0 heterocycles. The van der Waals surface area contributed by atoms with Gasteiger partial charge < -0.3 is 0 Å². The zero-order valence-electron chi connectivity index (χ0n) is 9.22. The summed E-state index contributed by atoms with van der Waals surface area (Å²) in [7, 11) is 0. The van der Waals surface area contributed by atoms with Crippen molar-refractivity contribution in [3.63, 3.8) is 0 Å². The van der Waals surface area contributed by atoms with Gasteiger partial charge in [0.2, 0.25) is 0 Å². The predicted molar refractivity (Wildman–Crippen MR) is 64.5 cm³/mol. The van der Waals surface area contributed by atoms with Crippen LogP contribution in [0.25, 0.3) is 0 Å². The van der Waals surface area contributed by atoms with E-state index in [1.165, 1.54) is 31.9 Å². The summed E-state index contributed by atoms with van der Waals surface area (Å²) in [5.41, 5.74) is 1.94. The van der Waals surface area contributed by atoms with Gasteiger partial charge in [0.05, 0.1) is 5.29 Å². The number of nitrogens with zero attached hydrogens (tertiary/aromatic N) is 2. The molecule has 0 fully saturated rings. The lowest BCUT2D eigenvalue weighted by atomic mass is 10.1. The Morgan fingerprint density at radius 3 is 2.73 bits per heavy atom. The zero-order valence-corrected chi connectivity index (χ0v) is 9.22. The van der Waals surface area contributed by atoms with E-state index < -0.39 is 0 Å². The highest BCUT2D eigenvalue weighted by Gasteiger charge is 1.82. The van der Waals surface area contributed by atoms with E-state index in [2.05, 4.69) is 23.4 Å². The van der Waals surface area contributed by atoms with Crippen molar-refractivity contribution in [1.29, 1.82) is 0 Å². The van der Waals surface area contributed by atoms with E-state index >= 15 is 0 Å². The van der Waals surface area contributed by atoms with Crippen molar-refractivity contribution in [2.75, 3.05) is 0 Å². The maximum absolute atomic E-state index is 9.55. The zero-order chi connectivity index (χ0) is 11.2. The Labute approximate surface area is 91.1 Å². The van der Waals surface area contributed by atoms with Gasteiger partial charge in [-0.3, -0.25) is 0 Å². The van der Waals surface area contributed by atoms with E-state index in [1.54, 1.807) is 6.08 Å². The normalized spacial score (nSPS) is 11.8. The number of hydrogen-bond acceptors (Lipinski definition) is 3. The second-order valence-electron chi connectivity index (χ2n) is 3.13. The molecule has 1 N–H and O–H groups in total. The highest BCUT2D eigenvalue weighted by molar-refractivity contribution is 5.71. The van der Waals surface area contributed by atoms with E-state index in [4.69, 9.17) is 0 Å². The molecule has 0 bridgehead atoms. The number of hydrogen-bond donors (Lipinski definition) is 1. The molecular weight excluding hydrogens is 190 g/mol. The van der Waals surface area contributed by atoms with Crippen molar-refractivity contribution in [2.45, 2.75) is 39.0 Å². The second kappa shape index (κ2) is 12.6. The van der Waals surface area contributed by atoms with Gasteiger partial charge in [-0.05, 0) is 18.9 Å². The summed E-state index contributed by atoms with van der Waals surface area (Å²) in [4.78, 5) is 9.55. The number of allylic oxidation sites excluding steroid dienone is 4. The van der Waals surface area contributed by atoms with Gasteiger partial charge in [-0.1, -0.05) is 44.4 Å². The average molecular weight is 209 g/mol. The molecule has 0 rings (SSSR count). The third-order valence-corrected chi connectivity index (χ3v) is 1.84. The van der Waals surface area contributed by atoms with Crippen LogP contribution in [0.15, 0.2) is 34.7 Å². The molecule has 0 atom stereocenters. The smallest absolute Gasteiger partial charge is 0.0722 e. The Bertz CT molecular complexity index is 222. The number of nitrogens with one attached hydrogen (secondary N) is 1. The van der Waals surface area contributed by atoms with Crippen molar-refractivity contribution in [1.82, 2.24) is 5.53 Å². The molecule has 4 heteroatoms. The van der Waals surface area contributed by atoms with Crippen LogP contribution in [0.5, 0.6) is 0 Å². The van der Waals surface area contributed by atoms with Crippen LogP contribution in [0.4, 0.5) is 0 Å². The Balaban J connectivity index is 3.32. The minimum absolute atomic E-state index is 1.12. The number of hydrazone groups is 1. The lowest BCUT2D eigenvalue weighted by molar-refractivity contribution is 0.674. The molecule has 0 aromatic carbocycles. The largest absolute Gasteiger partial charge is 0.164 e. The molecule has 84 valence electrons. The van der Waals surface area contributed by atoms with Crippen LogP contribution in [0, 0.1) is 4.91 Å². The first kappa shape index (κ1) is 13.5. The lowest BCUT2D eigenvalue weighted by Crippen LogP contribution is -1.89. The molecule has 0 amide bonds. The first-order chi connectivity index (χ1) is 7.41. The molecule has 0 aromatic heterocycles. The third kappa shape index (κ3) is 12.5. The fourth-order valence-corrected chi connectivity index (χ4v) is 1.08. The van der Waals surface area contributed by atoms with Gasteiger partial charge in [0, 0.05) is 6.21 Å². The quantitative estimate of drug-likeness (QED) is 0.208. The summed E-state index contributed by atoms with van der Waals surface area (Å²) < 4.78 is 0. The SMILES string of the molecule is CCCCCC/C=C/C=C/C=NNN=O. The standard InChI is InChI=1S/C11H19N3O/c1-2-3-4-5-6-7-8-9-10-11-12-13-14-15/h7-11H,2-6H2,1H3,(H,13,15)/b8-7+,10-9+,12-11?. The van der Waals surface area contributed by atoms with Crippen LogP contribution in [0.3, 0.4) is 0 Å². The second-order valence-corrected chi connectivity index (χ2v) is 3.13. The summed E-state index contributed by atoms with van der Waals surface area (Å²) in [6.07, 6.45) is 15.5. The molecule has 0 radical (unpaired) electrons. The van der Waals surface area contributed by atoms with E-state index in [0.717, 1.165) is 6.42 Å². The van der Waals surface area contributed by atoms with Gasteiger partial charge in [-0.25, -0.2) is 0 Å². The first-order valence-electron chi connectivity index (χ1n) is 5.34. The first-order valence-corrected chi connectivity index (χ1v) is 5.34. The topological polar surface area (TPSA) is 53.8 Å². The predicted octanol–water partition coefficient (Wildman–Crippen LogP) is 3.33. The lowest BCUT2D eigenvalue weighted by Gasteiger charge is -1.92. The van der Waals surface area contributed by atoms with Crippen LogP contribution in [0.2, 0.25) is 0 Å². The van der Waals surface area contributed by atoms with Crippen LogP contribution >= 0.6 is 0 Å². The Hall–Kier alpha value is -1.45. The highest BCUT2D eigenvalue weighted by Crippen LogP contribution is 2.02. The van der Waals surface area contributed by atoms with Gasteiger partial charge in [-0.15, -0.1) is 4.91 Å². The van der Waals surface area contributed by atoms with Gasteiger partial charge in [-0.2, -0.15) is 10.6 Å². The maximum atomic E-state index is 9.55. The molecule has 0 saturated carbocycles. The number of unbranched alkanes of at least 4 members (excludes halogenated alkanes) is 4. The van der Waals surface area contributed by atoms with Crippen molar-refractivity contribution >= 4 is 6.21 Å². The van der Waals surface area contributed by atoms with Gasteiger partial charge >= 0.3 is 0 Å². The molecule has 0 saturated heterocycles. The van der Waals surface area contributed by atoms with Crippen molar-refractivity contribution in [2.24, 2.45) is 10.4 Å². The molecule has 0 spiro atoms.